The number of rotatable bonds is 5. The molecule has 108 valence electrons. The molecule has 3 rings (SSSR count). The van der Waals surface area contributed by atoms with Crippen LogP contribution in [0.5, 0.6) is 5.75 Å². The summed E-state index contributed by atoms with van der Waals surface area (Å²) >= 11 is 0. The number of allylic oxidation sites excluding steroid dienone is 2. The molecule has 0 aromatic heterocycles. The number of benzene rings is 1. The smallest absolute Gasteiger partial charge is 0.123 e. The van der Waals surface area contributed by atoms with E-state index >= 15 is 0 Å². The second kappa shape index (κ2) is 5.61. The summed E-state index contributed by atoms with van der Waals surface area (Å²) in [7, 11) is 1.75. The van der Waals surface area contributed by atoms with Crippen molar-refractivity contribution in [3.05, 3.63) is 42.0 Å². The van der Waals surface area contributed by atoms with Crippen molar-refractivity contribution in [1.82, 2.24) is 5.32 Å². The fourth-order valence-corrected chi connectivity index (χ4v) is 4.03. The van der Waals surface area contributed by atoms with Gasteiger partial charge in [0.15, 0.2) is 0 Å². The molecule has 1 N–H and O–H groups in total. The van der Waals surface area contributed by atoms with Gasteiger partial charge in [-0.05, 0) is 50.5 Å². The van der Waals surface area contributed by atoms with E-state index in [0.29, 0.717) is 12.1 Å². The SMILES string of the molecule is COc1ccccc1C(C)NC(C)C1CC2C=CC1C2. The van der Waals surface area contributed by atoms with Gasteiger partial charge in [0.1, 0.15) is 5.75 Å². The van der Waals surface area contributed by atoms with Gasteiger partial charge in [0.2, 0.25) is 0 Å². The van der Waals surface area contributed by atoms with Gasteiger partial charge in [-0.25, -0.2) is 0 Å². The van der Waals surface area contributed by atoms with Gasteiger partial charge in [-0.1, -0.05) is 30.4 Å². The van der Waals surface area contributed by atoms with Gasteiger partial charge in [0, 0.05) is 17.6 Å². The molecule has 0 saturated heterocycles. The van der Waals surface area contributed by atoms with Crippen LogP contribution in [-0.4, -0.2) is 13.2 Å². The Labute approximate surface area is 122 Å². The molecule has 0 heterocycles. The lowest BCUT2D eigenvalue weighted by atomic mass is 9.87. The van der Waals surface area contributed by atoms with Gasteiger partial charge in [0.05, 0.1) is 7.11 Å². The van der Waals surface area contributed by atoms with Crippen molar-refractivity contribution in [1.29, 1.82) is 0 Å². The Balaban J connectivity index is 1.66. The lowest BCUT2D eigenvalue weighted by Gasteiger charge is -2.29. The molecule has 0 amide bonds. The predicted molar refractivity (Wildman–Crippen MR) is 82.9 cm³/mol. The molecule has 1 aromatic rings. The van der Waals surface area contributed by atoms with E-state index in [1.165, 1.54) is 18.4 Å². The maximum Gasteiger partial charge on any atom is 0.123 e. The molecule has 2 aliphatic rings. The highest BCUT2D eigenvalue weighted by molar-refractivity contribution is 5.35. The molecule has 0 aliphatic heterocycles. The summed E-state index contributed by atoms with van der Waals surface area (Å²) in [6.45, 7) is 4.57. The average molecular weight is 271 g/mol. The molecule has 0 spiro atoms. The normalized spacial score (nSPS) is 30.4. The van der Waals surface area contributed by atoms with Gasteiger partial charge in [-0.15, -0.1) is 0 Å². The van der Waals surface area contributed by atoms with Gasteiger partial charge in [-0.2, -0.15) is 0 Å². The number of nitrogens with one attached hydrogen (secondary N) is 1. The van der Waals surface area contributed by atoms with E-state index in [9.17, 15) is 0 Å². The lowest BCUT2D eigenvalue weighted by molar-refractivity contribution is 0.303. The van der Waals surface area contributed by atoms with Crippen LogP contribution in [0.25, 0.3) is 0 Å². The number of para-hydroxylation sites is 1. The molecule has 20 heavy (non-hydrogen) atoms. The van der Waals surface area contributed by atoms with Crippen molar-refractivity contribution >= 4 is 0 Å². The van der Waals surface area contributed by atoms with E-state index in [1.807, 2.05) is 12.1 Å². The van der Waals surface area contributed by atoms with Crippen LogP contribution in [0.2, 0.25) is 0 Å². The Kier molecular flexibility index (Phi) is 3.84. The molecular weight excluding hydrogens is 246 g/mol. The number of methoxy groups -OCH3 is 1. The molecule has 2 heteroatoms. The monoisotopic (exact) mass is 271 g/mol. The highest BCUT2D eigenvalue weighted by Gasteiger charge is 2.38. The molecule has 1 saturated carbocycles. The van der Waals surface area contributed by atoms with Crippen molar-refractivity contribution < 1.29 is 4.74 Å². The summed E-state index contributed by atoms with van der Waals surface area (Å²) < 4.78 is 5.47. The lowest BCUT2D eigenvalue weighted by Crippen LogP contribution is -2.37. The predicted octanol–water partition coefficient (Wildman–Crippen LogP) is 3.95. The highest BCUT2D eigenvalue weighted by Crippen LogP contribution is 2.45. The summed E-state index contributed by atoms with van der Waals surface area (Å²) in [6, 6.07) is 9.18. The summed E-state index contributed by atoms with van der Waals surface area (Å²) in [4.78, 5) is 0. The Hall–Kier alpha value is -1.28. The minimum atomic E-state index is 0.323. The zero-order valence-corrected chi connectivity index (χ0v) is 12.7. The van der Waals surface area contributed by atoms with Crippen LogP contribution >= 0.6 is 0 Å². The Morgan fingerprint density at radius 2 is 1.95 bits per heavy atom. The Morgan fingerprint density at radius 1 is 1.15 bits per heavy atom. The van der Waals surface area contributed by atoms with Crippen LogP contribution in [-0.2, 0) is 0 Å². The maximum absolute atomic E-state index is 5.47. The van der Waals surface area contributed by atoms with Crippen LogP contribution in [0, 0.1) is 17.8 Å². The Bertz CT molecular complexity index is 496. The fourth-order valence-electron chi connectivity index (χ4n) is 4.03. The summed E-state index contributed by atoms with van der Waals surface area (Å²) in [5.74, 6) is 3.41. The van der Waals surface area contributed by atoms with Crippen molar-refractivity contribution in [2.75, 3.05) is 7.11 Å². The van der Waals surface area contributed by atoms with E-state index < -0.39 is 0 Å². The molecule has 5 unspecified atom stereocenters. The summed E-state index contributed by atoms with van der Waals surface area (Å²) in [5.41, 5.74) is 1.25. The second-order valence-electron chi connectivity index (χ2n) is 6.36. The third kappa shape index (κ3) is 2.49. The first kappa shape index (κ1) is 13.7. The van der Waals surface area contributed by atoms with Gasteiger partial charge in [0.25, 0.3) is 0 Å². The standard InChI is InChI=1S/C18H25NO/c1-12(16-6-4-5-7-18(16)20-3)19-13(2)17-11-14-8-9-15(17)10-14/h4-9,12-15,17,19H,10-11H2,1-3H3. The third-order valence-corrected chi connectivity index (χ3v) is 5.09. The first-order chi connectivity index (χ1) is 9.69. The number of hydrogen-bond acceptors (Lipinski definition) is 2. The molecule has 2 nitrogen and oxygen atoms in total. The van der Waals surface area contributed by atoms with E-state index in [2.05, 4.69) is 43.4 Å². The quantitative estimate of drug-likeness (QED) is 0.819. The van der Waals surface area contributed by atoms with E-state index in [4.69, 9.17) is 4.74 Å². The molecule has 1 aromatic carbocycles. The Morgan fingerprint density at radius 3 is 2.60 bits per heavy atom. The molecule has 5 atom stereocenters. The molecule has 2 bridgehead atoms. The van der Waals surface area contributed by atoms with Gasteiger partial charge in [-0.3, -0.25) is 0 Å². The third-order valence-electron chi connectivity index (χ3n) is 5.09. The van der Waals surface area contributed by atoms with Crippen LogP contribution < -0.4 is 10.1 Å². The van der Waals surface area contributed by atoms with E-state index in [0.717, 1.165) is 23.5 Å². The first-order valence-electron chi connectivity index (χ1n) is 7.76. The first-order valence-corrected chi connectivity index (χ1v) is 7.76. The number of ether oxygens (including phenoxy) is 1. The minimum Gasteiger partial charge on any atom is -0.496 e. The van der Waals surface area contributed by atoms with Crippen molar-refractivity contribution in [2.24, 2.45) is 17.8 Å². The summed E-state index contributed by atoms with van der Waals surface area (Å²) in [5, 5.41) is 3.78. The van der Waals surface area contributed by atoms with E-state index in [1.54, 1.807) is 7.11 Å². The second-order valence-corrected chi connectivity index (χ2v) is 6.36. The highest BCUT2D eigenvalue weighted by atomic mass is 16.5. The number of hydrogen-bond donors (Lipinski definition) is 1. The average Bonchev–Trinajstić information content (AvgIpc) is 3.09. The zero-order valence-electron chi connectivity index (χ0n) is 12.7. The minimum absolute atomic E-state index is 0.323. The maximum atomic E-state index is 5.47. The van der Waals surface area contributed by atoms with Crippen molar-refractivity contribution in [3.8, 4) is 5.75 Å². The van der Waals surface area contributed by atoms with Gasteiger partial charge >= 0.3 is 0 Å². The van der Waals surface area contributed by atoms with Crippen molar-refractivity contribution in [3.63, 3.8) is 0 Å². The molecule has 0 radical (unpaired) electrons. The molecule has 1 fully saturated rings. The van der Waals surface area contributed by atoms with Crippen LogP contribution in [0.4, 0.5) is 0 Å². The summed E-state index contributed by atoms with van der Waals surface area (Å²) in [6.07, 6.45) is 7.58. The van der Waals surface area contributed by atoms with Crippen LogP contribution in [0.1, 0.15) is 38.3 Å². The van der Waals surface area contributed by atoms with Crippen LogP contribution in [0.15, 0.2) is 36.4 Å². The fraction of sp³-hybridized carbons (Fsp3) is 0.556. The number of fused-ring (bicyclic) bond motifs is 2. The molecular formula is C18H25NO. The van der Waals surface area contributed by atoms with Gasteiger partial charge < -0.3 is 10.1 Å². The van der Waals surface area contributed by atoms with Crippen LogP contribution in [0.3, 0.4) is 0 Å². The zero-order chi connectivity index (χ0) is 14.1. The largest absolute Gasteiger partial charge is 0.496 e. The molecule has 2 aliphatic carbocycles. The topological polar surface area (TPSA) is 21.3 Å². The van der Waals surface area contributed by atoms with Crippen molar-refractivity contribution in [2.45, 2.75) is 38.8 Å². The van der Waals surface area contributed by atoms with E-state index in [-0.39, 0.29) is 0 Å².